The molecule has 0 spiro atoms. The van der Waals surface area contributed by atoms with Gasteiger partial charge in [-0.3, -0.25) is 4.79 Å². The number of hydrogen-bond donors (Lipinski definition) is 2. The molecule has 3 N–H and O–H groups in total. The number of anilines is 1. The average Bonchev–Trinajstić information content (AvgIpc) is 2.40. The second-order valence-electron chi connectivity index (χ2n) is 6.49. The smallest absolute Gasteiger partial charge is 0.268 e. The van der Waals surface area contributed by atoms with Gasteiger partial charge in [0.1, 0.15) is 5.75 Å². The molecule has 0 radical (unpaired) electrons. The van der Waals surface area contributed by atoms with E-state index in [9.17, 15) is 4.79 Å². The van der Waals surface area contributed by atoms with E-state index in [0.29, 0.717) is 0 Å². The predicted molar refractivity (Wildman–Crippen MR) is 78.7 cm³/mol. The molecular weight excluding hydrogens is 252 g/mol. The van der Waals surface area contributed by atoms with Crippen LogP contribution in [0.3, 0.4) is 0 Å². The lowest BCUT2D eigenvalue weighted by atomic mass is 9.77. The van der Waals surface area contributed by atoms with E-state index < -0.39 is 5.60 Å². The average molecular weight is 274 g/mol. The van der Waals surface area contributed by atoms with Crippen LogP contribution in [0, 0.1) is 0 Å². The van der Waals surface area contributed by atoms with Crippen LogP contribution >= 0.6 is 0 Å². The van der Waals surface area contributed by atoms with Gasteiger partial charge in [0.05, 0.1) is 5.69 Å². The number of carbonyl (C=O) groups excluding carboxylic acids is 1. The minimum Gasteiger partial charge on any atom is -0.476 e. The Morgan fingerprint density at radius 3 is 2.60 bits per heavy atom. The van der Waals surface area contributed by atoms with Crippen LogP contribution in [0.25, 0.3) is 0 Å². The summed E-state index contributed by atoms with van der Waals surface area (Å²) in [6.45, 7) is 3.54. The normalized spacial score (nSPS) is 23.4. The first kappa shape index (κ1) is 13.4. The van der Waals surface area contributed by atoms with Crippen molar-refractivity contribution in [3.05, 3.63) is 23.8 Å². The fourth-order valence-electron chi connectivity index (χ4n) is 3.09. The largest absolute Gasteiger partial charge is 0.476 e. The molecule has 108 valence electrons. The van der Waals surface area contributed by atoms with Gasteiger partial charge in [-0.25, -0.2) is 0 Å². The Morgan fingerprint density at radius 1 is 1.20 bits per heavy atom. The van der Waals surface area contributed by atoms with Crippen LogP contribution in [0.4, 0.5) is 5.69 Å². The van der Waals surface area contributed by atoms with Gasteiger partial charge in [0.15, 0.2) is 5.60 Å². The topological polar surface area (TPSA) is 64.3 Å². The van der Waals surface area contributed by atoms with E-state index in [-0.39, 0.29) is 11.4 Å². The molecule has 1 aromatic carbocycles. The Kier molecular flexibility index (Phi) is 3.01. The molecule has 20 heavy (non-hydrogen) atoms. The molecule has 2 aliphatic rings. The van der Waals surface area contributed by atoms with E-state index in [0.717, 1.165) is 29.8 Å². The van der Waals surface area contributed by atoms with Crippen LogP contribution in [0.2, 0.25) is 0 Å². The molecule has 1 aliphatic carbocycles. The van der Waals surface area contributed by atoms with E-state index in [1.54, 1.807) is 13.8 Å². The summed E-state index contributed by atoms with van der Waals surface area (Å²) in [5.74, 6) is 0.606. The van der Waals surface area contributed by atoms with Crippen LogP contribution in [-0.2, 0) is 10.3 Å². The first-order valence-corrected chi connectivity index (χ1v) is 7.35. The molecule has 3 rings (SSSR count). The van der Waals surface area contributed by atoms with Crippen molar-refractivity contribution in [1.29, 1.82) is 0 Å². The Labute approximate surface area is 119 Å². The number of hydrogen-bond acceptors (Lipinski definition) is 3. The van der Waals surface area contributed by atoms with Crippen molar-refractivity contribution in [2.45, 2.75) is 57.1 Å². The summed E-state index contributed by atoms with van der Waals surface area (Å²) in [6, 6.07) is 5.95. The number of nitrogens with two attached hydrogens (primary N) is 1. The quantitative estimate of drug-likeness (QED) is 0.827. The third kappa shape index (κ3) is 2.18. The molecular formula is C16H22N2O2. The number of carbonyl (C=O) groups is 1. The predicted octanol–water partition coefficient (Wildman–Crippen LogP) is 2.91. The molecule has 1 fully saturated rings. The summed E-state index contributed by atoms with van der Waals surface area (Å²) in [5.41, 5.74) is 7.30. The summed E-state index contributed by atoms with van der Waals surface area (Å²) in [5, 5.41) is 2.93. The van der Waals surface area contributed by atoms with Gasteiger partial charge in [-0.2, -0.15) is 0 Å². The highest BCUT2D eigenvalue weighted by molar-refractivity contribution is 6.00. The number of ether oxygens (including phenoxy) is 1. The van der Waals surface area contributed by atoms with Crippen molar-refractivity contribution in [3.8, 4) is 5.75 Å². The molecule has 0 aromatic heterocycles. The summed E-state index contributed by atoms with van der Waals surface area (Å²) in [4.78, 5) is 12.0. The summed E-state index contributed by atoms with van der Waals surface area (Å²) in [7, 11) is 0. The van der Waals surface area contributed by atoms with E-state index in [1.807, 2.05) is 18.2 Å². The fraction of sp³-hybridized carbons (Fsp3) is 0.562. The van der Waals surface area contributed by atoms with Gasteiger partial charge in [-0.05, 0) is 44.4 Å². The van der Waals surface area contributed by atoms with E-state index in [4.69, 9.17) is 10.5 Å². The van der Waals surface area contributed by atoms with Crippen molar-refractivity contribution in [1.82, 2.24) is 0 Å². The molecule has 0 bridgehead atoms. The molecule has 1 amide bonds. The highest BCUT2D eigenvalue weighted by Gasteiger charge is 2.37. The maximum absolute atomic E-state index is 12.0. The number of rotatable bonds is 1. The van der Waals surface area contributed by atoms with Gasteiger partial charge in [0, 0.05) is 5.54 Å². The van der Waals surface area contributed by atoms with Gasteiger partial charge < -0.3 is 15.8 Å². The van der Waals surface area contributed by atoms with E-state index in [2.05, 4.69) is 5.32 Å². The minimum atomic E-state index is -0.820. The monoisotopic (exact) mass is 274 g/mol. The second-order valence-corrected chi connectivity index (χ2v) is 6.49. The SMILES string of the molecule is CC1(C)Oc2ccc(C3(N)CCCCC3)cc2NC1=O. The molecule has 4 nitrogen and oxygen atoms in total. The van der Waals surface area contributed by atoms with Gasteiger partial charge >= 0.3 is 0 Å². The Bertz CT molecular complexity index is 545. The van der Waals surface area contributed by atoms with Gasteiger partial charge in [0.2, 0.25) is 0 Å². The molecule has 1 aromatic rings. The van der Waals surface area contributed by atoms with Gasteiger partial charge in [0.25, 0.3) is 5.91 Å². The van der Waals surface area contributed by atoms with Crippen molar-refractivity contribution < 1.29 is 9.53 Å². The van der Waals surface area contributed by atoms with Crippen molar-refractivity contribution in [2.24, 2.45) is 5.73 Å². The molecule has 1 aliphatic heterocycles. The molecule has 0 saturated heterocycles. The number of nitrogens with one attached hydrogen (secondary N) is 1. The van der Waals surface area contributed by atoms with Crippen LogP contribution in [0.5, 0.6) is 5.75 Å². The lowest BCUT2D eigenvalue weighted by Gasteiger charge is -2.36. The molecule has 1 saturated carbocycles. The highest BCUT2D eigenvalue weighted by atomic mass is 16.5. The Morgan fingerprint density at radius 2 is 1.90 bits per heavy atom. The summed E-state index contributed by atoms with van der Waals surface area (Å²) >= 11 is 0. The van der Waals surface area contributed by atoms with Crippen LogP contribution < -0.4 is 15.8 Å². The maximum Gasteiger partial charge on any atom is 0.268 e. The number of fused-ring (bicyclic) bond motifs is 1. The number of benzene rings is 1. The van der Waals surface area contributed by atoms with Crippen LogP contribution in [0.15, 0.2) is 18.2 Å². The lowest BCUT2D eigenvalue weighted by Crippen LogP contribution is -2.46. The van der Waals surface area contributed by atoms with Gasteiger partial charge in [-0.1, -0.05) is 25.3 Å². The second kappa shape index (κ2) is 4.48. The molecule has 0 unspecified atom stereocenters. The Hall–Kier alpha value is -1.55. The van der Waals surface area contributed by atoms with Crippen LogP contribution in [-0.4, -0.2) is 11.5 Å². The highest BCUT2D eigenvalue weighted by Crippen LogP contribution is 2.40. The molecule has 1 heterocycles. The van der Waals surface area contributed by atoms with Crippen molar-refractivity contribution >= 4 is 11.6 Å². The van der Waals surface area contributed by atoms with E-state index >= 15 is 0 Å². The van der Waals surface area contributed by atoms with Crippen molar-refractivity contribution in [2.75, 3.05) is 5.32 Å². The van der Waals surface area contributed by atoms with Crippen LogP contribution in [0.1, 0.15) is 51.5 Å². The zero-order valence-electron chi connectivity index (χ0n) is 12.2. The lowest BCUT2D eigenvalue weighted by molar-refractivity contribution is -0.129. The minimum absolute atomic E-state index is 0.114. The first-order chi connectivity index (χ1) is 9.41. The third-order valence-electron chi connectivity index (χ3n) is 4.46. The molecule has 4 heteroatoms. The van der Waals surface area contributed by atoms with Gasteiger partial charge in [-0.15, -0.1) is 0 Å². The first-order valence-electron chi connectivity index (χ1n) is 7.35. The maximum atomic E-state index is 12.0. The summed E-state index contributed by atoms with van der Waals surface area (Å²) < 4.78 is 5.75. The molecule has 0 atom stereocenters. The van der Waals surface area contributed by atoms with Crippen molar-refractivity contribution in [3.63, 3.8) is 0 Å². The van der Waals surface area contributed by atoms with E-state index in [1.165, 1.54) is 19.3 Å². The fourth-order valence-corrected chi connectivity index (χ4v) is 3.09. The zero-order chi connectivity index (χ0) is 14.4. The standard InChI is InChI=1S/C16H22N2O2/c1-15(2)14(19)18-12-10-11(6-7-13(12)20-15)16(17)8-4-3-5-9-16/h6-7,10H,3-5,8-9,17H2,1-2H3,(H,18,19). The Balaban J connectivity index is 1.94. The summed E-state index contributed by atoms with van der Waals surface area (Å²) in [6.07, 6.45) is 5.61. The number of amides is 1. The zero-order valence-corrected chi connectivity index (χ0v) is 12.2. The third-order valence-corrected chi connectivity index (χ3v) is 4.46.